The van der Waals surface area contributed by atoms with Gasteiger partial charge in [-0.25, -0.2) is 9.59 Å². The lowest BCUT2D eigenvalue weighted by molar-refractivity contribution is -0.147. The number of ether oxygens (including phenoxy) is 2. The Bertz CT molecular complexity index is 1010. The molecule has 9 nitrogen and oxygen atoms in total. The largest absolute Gasteiger partial charge is 0.481 e. The quantitative estimate of drug-likeness (QED) is 0.477. The number of aliphatic carboxylic acids is 1. The van der Waals surface area contributed by atoms with E-state index in [4.69, 9.17) is 9.47 Å². The molecule has 1 saturated carbocycles. The van der Waals surface area contributed by atoms with Crippen LogP contribution in [0.15, 0.2) is 43.0 Å². The Morgan fingerprint density at radius 2 is 1.82 bits per heavy atom. The van der Waals surface area contributed by atoms with Gasteiger partial charge in [0.05, 0.1) is 12.0 Å². The van der Waals surface area contributed by atoms with Crippen molar-refractivity contribution in [2.45, 2.75) is 69.6 Å². The number of carbonyl (C=O) groups excluding carboxylic acids is 2. The van der Waals surface area contributed by atoms with E-state index in [9.17, 15) is 19.5 Å². The topological polar surface area (TPSA) is 99.6 Å². The minimum absolute atomic E-state index is 0.0161. The number of nitrogens with zero attached hydrogens (tertiary/aromatic N) is 3. The standard InChI is InChI=1S/C29H41N3O6/c1-5-15-37-27(36)32(24-16-23(24)22-9-7-6-8-10-22)18-21-11-13-31(14-12-21)29(17-25(33)34)19-30(20-29)26(35)38-28(2,3)4/h5-10,21,23-24H,1,11-20H2,2-4H3,(H,33,34). The van der Waals surface area contributed by atoms with Gasteiger partial charge in [-0.3, -0.25) is 9.69 Å². The van der Waals surface area contributed by atoms with Gasteiger partial charge < -0.3 is 24.4 Å². The van der Waals surface area contributed by atoms with Crippen LogP contribution in [0.4, 0.5) is 9.59 Å². The third-order valence-corrected chi connectivity index (χ3v) is 7.79. The molecule has 9 heteroatoms. The zero-order valence-corrected chi connectivity index (χ0v) is 22.8. The molecule has 3 aliphatic rings. The maximum atomic E-state index is 13.0. The molecule has 2 saturated heterocycles. The van der Waals surface area contributed by atoms with Gasteiger partial charge in [-0.15, -0.1) is 0 Å². The second-order valence-electron chi connectivity index (χ2n) is 11.9. The summed E-state index contributed by atoms with van der Waals surface area (Å²) in [7, 11) is 0. The summed E-state index contributed by atoms with van der Waals surface area (Å²) < 4.78 is 10.9. The smallest absolute Gasteiger partial charge is 0.410 e. The minimum atomic E-state index is -0.868. The van der Waals surface area contributed by atoms with Crippen LogP contribution in [0.2, 0.25) is 0 Å². The highest BCUT2D eigenvalue weighted by Gasteiger charge is 2.52. The zero-order valence-electron chi connectivity index (χ0n) is 22.8. The van der Waals surface area contributed by atoms with Gasteiger partial charge in [-0.1, -0.05) is 43.0 Å². The van der Waals surface area contributed by atoms with Crippen molar-refractivity contribution < 1.29 is 29.0 Å². The predicted molar refractivity (Wildman–Crippen MR) is 143 cm³/mol. The highest BCUT2D eigenvalue weighted by Crippen LogP contribution is 2.45. The zero-order chi connectivity index (χ0) is 27.5. The Hall–Kier alpha value is -3.07. The molecule has 1 N–H and O–H groups in total. The first-order valence-corrected chi connectivity index (χ1v) is 13.6. The Morgan fingerprint density at radius 1 is 1.16 bits per heavy atom. The van der Waals surface area contributed by atoms with Crippen molar-refractivity contribution in [2.75, 3.05) is 39.3 Å². The van der Waals surface area contributed by atoms with Crippen molar-refractivity contribution in [2.24, 2.45) is 5.92 Å². The Kier molecular flexibility index (Phi) is 8.35. The van der Waals surface area contributed by atoms with E-state index < -0.39 is 23.2 Å². The molecule has 2 aliphatic heterocycles. The lowest BCUT2D eigenvalue weighted by Crippen LogP contribution is -2.73. The maximum Gasteiger partial charge on any atom is 0.410 e. The number of rotatable bonds is 9. The molecule has 38 heavy (non-hydrogen) atoms. The second kappa shape index (κ2) is 11.4. The molecular formula is C29H41N3O6. The SMILES string of the molecule is C=CCOC(=O)N(CC1CCN(C2(CC(=O)O)CN(C(=O)OC(C)(C)C)C2)CC1)C1CC1c1ccccc1. The Balaban J connectivity index is 1.36. The van der Waals surface area contributed by atoms with Crippen LogP contribution in [-0.2, 0) is 14.3 Å². The van der Waals surface area contributed by atoms with Gasteiger partial charge >= 0.3 is 18.2 Å². The van der Waals surface area contributed by atoms with Gasteiger partial charge in [-0.05, 0) is 64.6 Å². The van der Waals surface area contributed by atoms with Gasteiger partial charge in [0, 0.05) is 31.6 Å². The third kappa shape index (κ3) is 6.67. The van der Waals surface area contributed by atoms with Crippen molar-refractivity contribution >= 4 is 18.2 Å². The molecule has 2 unspecified atom stereocenters. The number of piperidine rings is 1. The van der Waals surface area contributed by atoms with E-state index >= 15 is 0 Å². The number of carboxylic acids is 1. The average Bonchev–Trinajstić information content (AvgIpc) is 3.63. The molecule has 0 spiro atoms. The van der Waals surface area contributed by atoms with Crippen molar-refractivity contribution in [3.63, 3.8) is 0 Å². The van der Waals surface area contributed by atoms with E-state index in [-0.39, 0.29) is 25.2 Å². The number of carbonyl (C=O) groups is 3. The molecular weight excluding hydrogens is 486 g/mol. The summed E-state index contributed by atoms with van der Waals surface area (Å²) in [4.78, 5) is 42.9. The first kappa shape index (κ1) is 28.0. The summed E-state index contributed by atoms with van der Waals surface area (Å²) in [5.74, 6) is -0.253. The second-order valence-corrected chi connectivity index (χ2v) is 11.9. The molecule has 4 rings (SSSR count). The summed E-state index contributed by atoms with van der Waals surface area (Å²) in [6, 6.07) is 10.4. The van der Waals surface area contributed by atoms with Crippen molar-refractivity contribution in [1.82, 2.24) is 14.7 Å². The number of benzene rings is 1. The van der Waals surface area contributed by atoms with Crippen molar-refractivity contribution in [3.8, 4) is 0 Å². The number of likely N-dealkylation sites (tertiary alicyclic amines) is 2. The van der Waals surface area contributed by atoms with E-state index in [1.54, 1.807) is 11.0 Å². The molecule has 1 aromatic carbocycles. The fourth-order valence-electron chi connectivity index (χ4n) is 5.84. The lowest BCUT2D eigenvalue weighted by atomic mass is 9.81. The summed E-state index contributed by atoms with van der Waals surface area (Å²) >= 11 is 0. The highest BCUT2D eigenvalue weighted by molar-refractivity contribution is 5.73. The lowest BCUT2D eigenvalue weighted by Gasteiger charge is -2.56. The summed E-state index contributed by atoms with van der Waals surface area (Å²) in [5.41, 5.74) is 0.0646. The maximum absolute atomic E-state index is 13.0. The van der Waals surface area contributed by atoms with Crippen LogP contribution in [0, 0.1) is 5.92 Å². The van der Waals surface area contributed by atoms with Crippen LogP contribution in [-0.4, -0.2) is 94.5 Å². The molecule has 208 valence electrons. The van der Waals surface area contributed by atoms with E-state index in [2.05, 4.69) is 23.6 Å². The third-order valence-electron chi connectivity index (χ3n) is 7.79. The van der Waals surface area contributed by atoms with E-state index in [1.165, 1.54) is 5.56 Å². The van der Waals surface area contributed by atoms with E-state index in [1.807, 2.05) is 43.9 Å². The van der Waals surface area contributed by atoms with Crippen LogP contribution in [0.3, 0.4) is 0 Å². The molecule has 1 aliphatic carbocycles. The normalized spacial score (nSPS) is 23.2. The molecule has 2 atom stereocenters. The number of hydrogen-bond acceptors (Lipinski definition) is 6. The van der Waals surface area contributed by atoms with Crippen LogP contribution < -0.4 is 0 Å². The Morgan fingerprint density at radius 3 is 2.39 bits per heavy atom. The van der Waals surface area contributed by atoms with Crippen LogP contribution in [0.5, 0.6) is 0 Å². The first-order valence-electron chi connectivity index (χ1n) is 13.6. The number of carboxylic acid groups (broad SMARTS) is 1. The van der Waals surface area contributed by atoms with Gasteiger partial charge in [0.25, 0.3) is 0 Å². The molecule has 0 bridgehead atoms. The Labute approximate surface area is 225 Å². The molecule has 0 radical (unpaired) electrons. The number of hydrogen-bond donors (Lipinski definition) is 1. The summed E-state index contributed by atoms with van der Waals surface area (Å²) in [6.07, 6.45) is 3.48. The van der Waals surface area contributed by atoms with Crippen LogP contribution in [0.25, 0.3) is 0 Å². The number of amides is 2. The van der Waals surface area contributed by atoms with Crippen molar-refractivity contribution in [3.05, 3.63) is 48.6 Å². The summed E-state index contributed by atoms with van der Waals surface area (Å²) in [5, 5.41) is 9.62. The molecule has 0 aromatic heterocycles. The average molecular weight is 528 g/mol. The minimum Gasteiger partial charge on any atom is -0.481 e. The van der Waals surface area contributed by atoms with Gasteiger partial charge in [-0.2, -0.15) is 0 Å². The van der Waals surface area contributed by atoms with Gasteiger partial charge in [0.15, 0.2) is 0 Å². The first-order chi connectivity index (χ1) is 18.0. The fraction of sp³-hybridized carbons (Fsp3) is 0.621. The van der Waals surface area contributed by atoms with E-state index in [0.717, 1.165) is 32.4 Å². The van der Waals surface area contributed by atoms with Crippen molar-refractivity contribution in [1.29, 1.82) is 0 Å². The summed E-state index contributed by atoms with van der Waals surface area (Å²) in [6.45, 7) is 12.1. The molecule has 3 fully saturated rings. The molecule has 2 amide bonds. The monoisotopic (exact) mass is 527 g/mol. The van der Waals surface area contributed by atoms with Gasteiger partial charge in [0.2, 0.25) is 0 Å². The fourth-order valence-corrected chi connectivity index (χ4v) is 5.84. The predicted octanol–water partition coefficient (Wildman–Crippen LogP) is 4.34. The van der Waals surface area contributed by atoms with E-state index in [0.29, 0.717) is 31.5 Å². The van der Waals surface area contributed by atoms with Gasteiger partial charge in [0.1, 0.15) is 12.2 Å². The molecule has 1 aromatic rings. The van der Waals surface area contributed by atoms with Crippen LogP contribution >= 0.6 is 0 Å². The van der Waals surface area contributed by atoms with Crippen LogP contribution in [0.1, 0.15) is 57.9 Å². The highest BCUT2D eigenvalue weighted by atomic mass is 16.6. The molecule has 2 heterocycles.